The second kappa shape index (κ2) is 8.56. The third kappa shape index (κ3) is 4.29. The number of amides is 1. The second-order valence-electron chi connectivity index (χ2n) is 6.39. The molecule has 2 N–H and O–H groups in total. The number of fused-ring (bicyclic) bond motifs is 1. The van der Waals surface area contributed by atoms with Crippen molar-refractivity contribution in [3.05, 3.63) is 59.8 Å². The summed E-state index contributed by atoms with van der Waals surface area (Å²) in [5, 5.41) is 19.6. The van der Waals surface area contributed by atoms with Crippen LogP contribution in [0.3, 0.4) is 0 Å². The first-order valence-corrected chi connectivity index (χ1v) is 10.4. The van der Waals surface area contributed by atoms with Crippen molar-refractivity contribution in [2.45, 2.75) is 20.3 Å². The first-order valence-electron chi connectivity index (χ1n) is 9.19. The molecular formula is C20H18N6O2S2. The van der Waals surface area contributed by atoms with Crippen molar-refractivity contribution >= 4 is 51.3 Å². The Morgan fingerprint density at radius 3 is 2.97 bits per heavy atom. The summed E-state index contributed by atoms with van der Waals surface area (Å²) < 4.78 is 6.92. The largest absolute Gasteiger partial charge is 0.465 e. The molecule has 0 saturated carbocycles. The molecule has 8 nitrogen and oxygen atoms in total. The quantitative estimate of drug-likeness (QED) is 0.361. The van der Waals surface area contributed by atoms with Crippen LogP contribution in [0, 0.1) is 6.92 Å². The minimum Gasteiger partial charge on any atom is -0.465 e. The SMILES string of the molecule is CCc1nnc2sc(-c3ccc(C)c(NC(=S)NC(=O)C=Cc4ccco4)c3)nn12. The van der Waals surface area contributed by atoms with Crippen LogP contribution < -0.4 is 10.6 Å². The predicted octanol–water partition coefficient (Wildman–Crippen LogP) is 3.84. The fraction of sp³-hybridized carbons (Fsp3) is 0.150. The normalized spacial score (nSPS) is 11.3. The van der Waals surface area contributed by atoms with Crippen LogP contribution in [0.15, 0.2) is 47.1 Å². The van der Waals surface area contributed by atoms with Crippen LogP contribution in [0.25, 0.3) is 21.6 Å². The topological polar surface area (TPSA) is 97.3 Å². The number of aromatic nitrogens is 4. The van der Waals surface area contributed by atoms with E-state index >= 15 is 0 Å². The smallest absolute Gasteiger partial charge is 0.250 e. The van der Waals surface area contributed by atoms with Crippen LogP contribution in [0.5, 0.6) is 0 Å². The molecule has 1 amide bonds. The van der Waals surface area contributed by atoms with Gasteiger partial charge in [0.25, 0.3) is 0 Å². The van der Waals surface area contributed by atoms with E-state index < -0.39 is 0 Å². The maximum Gasteiger partial charge on any atom is 0.250 e. The van der Waals surface area contributed by atoms with E-state index in [1.807, 2.05) is 32.0 Å². The van der Waals surface area contributed by atoms with Gasteiger partial charge < -0.3 is 9.73 Å². The molecule has 0 saturated heterocycles. The summed E-state index contributed by atoms with van der Waals surface area (Å²) in [6.45, 7) is 3.98. The molecule has 0 spiro atoms. The molecule has 0 atom stereocenters. The molecule has 0 unspecified atom stereocenters. The summed E-state index contributed by atoms with van der Waals surface area (Å²) in [5.74, 6) is 1.06. The zero-order chi connectivity index (χ0) is 21.1. The number of nitrogens with one attached hydrogen (secondary N) is 2. The summed E-state index contributed by atoms with van der Waals surface area (Å²) in [5.41, 5.74) is 2.70. The van der Waals surface area contributed by atoms with Gasteiger partial charge in [-0.3, -0.25) is 10.1 Å². The lowest BCUT2D eigenvalue weighted by Gasteiger charge is -2.12. The van der Waals surface area contributed by atoms with Crippen molar-refractivity contribution in [2.75, 3.05) is 5.32 Å². The lowest BCUT2D eigenvalue weighted by atomic mass is 10.1. The summed E-state index contributed by atoms with van der Waals surface area (Å²) in [4.78, 5) is 12.8. The molecule has 1 aromatic carbocycles. The molecule has 0 fully saturated rings. The maximum absolute atomic E-state index is 12.1. The minimum absolute atomic E-state index is 0.204. The van der Waals surface area contributed by atoms with Crippen molar-refractivity contribution < 1.29 is 9.21 Å². The number of benzene rings is 1. The van der Waals surface area contributed by atoms with Gasteiger partial charge in [0.1, 0.15) is 10.8 Å². The van der Waals surface area contributed by atoms with Gasteiger partial charge in [0.2, 0.25) is 10.9 Å². The van der Waals surface area contributed by atoms with Crippen molar-refractivity contribution in [3.8, 4) is 10.6 Å². The predicted molar refractivity (Wildman–Crippen MR) is 120 cm³/mol. The highest BCUT2D eigenvalue weighted by molar-refractivity contribution is 7.80. The molecule has 30 heavy (non-hydrogen) atoms. The highest BCUT2D eigenvalue weighted by Crippen LogP contribution is 2.29. The van der Waals surface area contributed by atoms with Gasteiger partial charge in [-0.2, -0.15) is 9.61 Å². The third-order valence-electron chi connectivity index (χ3n) is 4.28. The van der Waals surface area contributed by atoms with Crippen LogP contribution in [0.2, 0.25) is 0 Å². The van der Waals surface area contributed by atoms with Gasteiger partial charge in [-0.25, -0.2) is 0 Å². The molecule has 10 heteroatoms. The van der Waals surface area contributed by atoms with Crippen molar-refractivity contribution in [3.63, 3.8) is 0 Å². The molecule has 152 valence electrons. The first kappa shape index (κ1) is 19.9. The summed E-state index contributed by atoms with van der Waals surface area (Å²) >= 11 is 6.75. The zero-order valence-electron chi connectivity index (χ0n) is 16.2. The highest BCUT2D eigenvalue weighted by atomic mass is 32.1. The Kier molecular flexibility index (Phi) is 5.68. The number of thiocarbonyl (C=S) groups is 1. The van der Waals surface area contributed by atoms with Crippen molar-refractivity contribution in [1.29, 1.82) is 0 Å². The van der Waals surface area contributed by atoms with Gasteiger partial charge >= 0.3 is 0 Å². The second-order valence-corrected chi connectivity index (χ2v) is 7.76. The lowest BCUT2D eigenvalue weighted by molar-refractivity contribution is -0.115. The van der Waals surface area contributed by atoms with Crippen LogP contribution in [-0.4, -0.2) is 30.8 Å². The first-order chi connectivity index (χ1) is 14.5. The number of nitrogens with zero attached hydrogens (tertiary/aromatic N) is 4. The Morgan fingerprint density at radius 1 is 1.33 bits per heavy atom. The van der Waals surface area contributed by atoms with Gasteiger partial charge in [-0.15, -0.1) is 10.2 Å². The molecule has 0 aliphatic rings. The Balaban J connectivity index is 1.48. The third-order valence-corrected chi connectivity index (χ3v) is 5.44. The van der Waals surface area contributed by atoms with E-state index in [9.17, 15) is 4.79 Å². The van der Waals surface area contributed by atoms with E-state index in [4.69, 9.17) is 16.6 Å². The van der Waals surface area contributed by atoms with Crippen molar-refractivity contribution in [1.82, 2.24) is 25.1 Å². The Morgan fingerprint density at radius 2 is 2.20 bits per heavy atom. The lowest BCUT2D eigenvalue weighted by Crippen LogP contribution is -2.33. The number of carbonyl (C=O) groups excluding carboxylic acids is 1. The molecule has 4 rings (SSSR count). The molecule has 0 aliphatic heterocycles. The van der Waals surface area contributed by atoms with E-state index in [2.05, 4.69) is 25.9 Å². The summed E-state index contributed by atoms with van der Waals surface area (Å²) in [6, 6.07) is 9.42. The molecule has 4 aromatic rings. The number of hydrogen-bond acceptors (Lipinski definition) is 7. The average Bonchev–Trinajstić information content (AvgIpc) is 3.45. The number of carbonyl (C=O) groups is 1. The molecule has 3 aromatic heterocycles. The highest BCUT2D eigenvalue weighted by Gasteiger charge is 2.13. The van der Waals surface area contributed by atoms with Gasteiger partial charge in [0.15, 0.2) is 10.9 Å². The van der Waals surface area contributed by atoms with Crippen LogP contribution >= 0.6 is 23.6 Å². The molecular weight excluding hydrogens is 420 g/mol. The number of aryl methyl sites for hydroxylation is 2. The van der Waals surface area contributed by atoms with E-state index in [1.165, 1.54) is 17.4 Å². The van der Waals surface area contributed by atoms with Crippen LogP contribution in [0.1, 0.15) is 24.1 Å². The molecule has 0 bridgehead atoms. The minimum atomic E-state index is -0.349. The van der Waals surface area contributed by atoms with Crippen LogP contribution in [-0.2, 0) is 11.2 Å². The van der Waals surface area contributed by atoms with E-state index in [1.54, 1.807) is 29.0 Å². The fourth-order valence-electron chi connectivity index (χ4n) is 2.74. The van der Waals surface area contributed by atoms with Gasteiger partial charge in [-0.1, -0.05) is 30.4 Å². The van der Waals surface area contributed by atoms with Gasteiger partial charge in [0.05, 0.1) is 6.26 Å². The van der Waals surface area contributed by atoms with E-state index in [-0.39, 0.29) is 11.0 Å². The Hall–Kier alpha value is -3.37. The van der Waals surface area contributed by atoms with Crippen LogP contribution in [0.4, 0.5) is 5.69 Å². The number of anilines is 1. The van der Waals surface area contributed by atoms with Gasteiger partial charge in [-0.05, 0) is 49.0 Å². The fourth-order valence-corrected chi connectivity index (χ4v) is 3.80. The number of hydrogen-bond donors (Lipinski definition) is 2. The van der Waals surface area contributed by atoms with E-state index in [0.29, 0.717) is 5.76 Å². The van der Waals surface area contributed by atoms with Gasteiger partial charge in [0, 0.05) is 23.7 Å². The standard InChI is InChI=1S/C20H18N6O2S2/c1-3-16-23-24-20-26(16)25-18(30-20)13-7-6-12(2)15(11-13)21-19(29)22-17(27)9-8-14-5-4-10-28-14/h4-11H,3H2,1-2H3,(H2,21,22,27,29). The summed E-state index contributed by atoms with van der Waals surface area (Å²) in [6.07, 6.45) is 5.23. The Bertz CT molecular complexity index is 1240. The van der Waals surface area contributed by atoms with E-state index in [0.717, 1.165) is 39.0 Å². The summed E-state index contributed by atoms with van der Waals surface area (Å²) in [7, 11) is 0. The molecule has 0 aliphatic carbocycles. The number of rotatable bonds is 5. The maximum atomic E-state index is 12.1. The molecule has 3 heterocycles. The Labute approximate surface area is 181 Å². The number of furan rings is 1. The zero-order valence-corrected chi connectivity index (χ0v) is 17.9. The molecule has 0 radical (unpaired) electrons. The van der Waals surface area contributed by atoms with Crippen molar-refractivity contribution in [2.24, 2.45) is 0 Å². The average molecular weight is 439 g/mol. The monoisotopic (exact) mass is 438 g/mol.